The number of nitrogens with zero attached hydrogens (tertiary/aromatic N) is 3. The molecular formula is C26H29FN4O4. The molecule has 0 amide bonds. The van der Waals surface area contributed by atoms with E-state index < -0.39 is 0 Å². The maximum Gasteiger partial charge on any atom is 0.213 e. The minimum Gasteiger partial charge on any atom is -0.486 e. The van der Waals surface area contributed by atoms with Crippen molar-refractivity contribution in [3.05, 3.63) is 47.7 Å². The molecule has 7 rings (SSSR count). The number of fused-ring (bicyclic) bond motifs is 5. The number of aryl methyl sites for hydroxylation is 1. The van der Waals surface area contributed by atoms with E-state index in [1.165, 1.54) is 6.20 Å². The first-order chi connectivity index (χ1) is 17.1. The average Bonchev–Trinajstić information content (AvgIpc) is 2.92. The van der Waals surface area contributed by atoms with Gasteiger partial charge in [0.05, 0.1) is 48.4 Å². The van der Waals surface area contributed by atoms with Crippen molar-refractivity contribution in [2.45, 2.75) is 56.2 Å². The van der Waals surface area contributed by atoms with Gasteiger partial charge in [0.25, 0.3) is 0 Å². The molecule has 0 atom stereocenters. The highest BCUT2D eigenvalue weighted by atomic mass is 19.1. The third kappa shape index (κ3) is 4.27. The number of hydrogen-bond donors (Lipinski definition) is 1. The third-order valence-electron chi connectivity index (χ3n) is 7.68. The molecule has 3 aromatic heterocycles. The Balaban J connectivity index is 1.10. The van der Waals surface area contributed by atoms with E-state index >= 15 is 0 Å². The van der Waals surface area contributed by atoms with E-state index in [0.29, 0.717) is 61.0 Å². The predicted molar refractivity (Wildman–Crippen MR) is 126 cm³/mol. The number of nitrogens with one attached hydrogen (secondary N) is 1. The van der Waals surface area contributed by atoms with Gasteiger partial charge >= 0.3 is 0 Å². The zero-order valence-corrected chi connectivity index (χ0v) is 19.8. The molecule has 0 aromatic carbocycles. The summed E-state index contributed by atoms with van der Waals surface area (Å²) in [6.45, 7) is 2.41. The lowest BCUT2D eigenvalue weighted by atomic mass is 9.69. The molecule has 3 fully saturated rings. The summed E-state index contributed by atoms with van der Waals surface area (Å²) in [7, 11) is 1.56. The highest BCUT2D eigenvalue weighted by Crippen LogP contribution is 2.46. The predicted octanol–water partition coefficient (Wildman–Crippen LogP) is 3.75. The van der Waals surface area contributed by atoms with Crippen LogP contribution in [0, 0.1) is 5.82 Å². The molecule has 2 bridgehead atoms. The quantitative estimate of drug-likeness (QED) is 0.547. The Morgan fingerprint density at radius 3 is 2.66 bits per heavy atom. The fourth-order valence-corrected chi connectivity index (χ4v) is 5.46. The fraction of sp³-hybridized carbons (Fsp3) is 0.500. The van der Waals surface area contributed by atoms with Gasteiger partial charge in [0.1, 0.15) is 19.0 Å². The van der Waals surface area contributed by atoms with Gasteiger partial charge in [-0.05, 0) is 44.6 Å². The molecular weight excluding hydrogens is 451 g/mol. The first-order valence-corrected chi connectivity index (χ1v) is 12.2. The van der Waals surface area contributed by atoms with E-state index in [-0.39, 0.29) is 17.0 Å². The lowest BCUT2D eigenvalue weighted by Crippen LogP contribution is -2.61. The van der Waals surface area contributed by atoms with Crippen molar-refractivity contribution < 1.29 is 23.3 Å². The Morgan fingerprint density at radius 2 is 1.89 bits per heavy atom. The molecule has 0 spiro atoms. The first-order valence-electron chi connectivity index (χ1n) is 12.2. The van der Waals surface area contributed by atoms with Crippen LogP contribution >= 0.6 is 0 Å². The minimum atomic E-state index is -0.329. The standard InChI is InChI=1S/C26H29FN4O4/c1-32-23-3-2-20-24(31-23)18(19(27)14-29-20)4-5-26-8-6-25(7-9-26,16-35-26)30-13-17-12-21-22(15-28-17)34-11-10-33-21/h2-3,12,14-15,30H,4-11,13,16H2,1H3. The number of ether oxygens (including phenoxy) is 4. The summed E-state index contributed by atoms with van der Waals surface area (Å²) < 4.78 is 37.7. The van der Waals surface area contributed by atoms with Crippen LogP contribution in [-0.4, -0.2) is 53.0 Å². The lowest BCUT2D eigenvalue weighted by Gasteiger charge is -2.53. The van der Waals surface area contributed by atoms with Crippen molar-refractivity contribution in [3.63, 3.8) is 0 Å². The smallest absolute Gasteiger partial charge is 0.213 e. The second-order valence-electron chi connectivity index (χ2n) is 9.73. The van der Waals surface area contributed by atoms with Crippen molar-refractivity contribution in [1.82, 2.24) is 20.3 Å². The van der Waals surface area contributed by atoms with Crippen LogP contribution in [0.15, 0.2) is 30.6 Å². The van der Waals surface area contributed by atoms with Gasteiger partial charge in [-0.3, -0.25) is 9.97 Å². The van der Waals surface area contributed by atoms with Gasteiger partial charge in [-0.15, -0.1) is 0 Å². The van der Waals surface area contributed by atoms with E-state index in [0.717, 1.165) is 43.5 Å². The molecule has 8 nitrogen and oxygen atoms in total. The summed E-state index contributed by atoms with van der Waals surface area (Å²) >= 11 is 0. The number of halogens is 1. The highest BCUT2D eigenvalue weighted by molar-refractivity contribution is 5.78. The second kappa shape index (κ2) is 8.87. The molecule has 1 saturated carbocycles. The summed E-state index contributed by atoms with van der Waals surface area (Å²) in [6, 6.07) is 5.51. The van der Waals surface area contributed by atoms with Crippen LogP contribution < -0.4 is 19.5 Å². The number of rotatable bonds is 7. The Bertz CT molecular complexity index is 1230. The zero-order chi connectivity index (χ0) is 23.9. The molecule has 1 N–H and O–H groups in total. The van der Waals surface area contributed by atoms with Crippen LogP contribution in [0.2, 0.25) is 0 Å². The van der Waals surface area contributed by atoms with Crippen LogP contribution in [0.4, 0.5) is 4.39 Å². The van der Waals surface area contributed by atoms with E-state index in [2.05, 4.69) is 20.3 Å². The summed E-state index contributed by atoms with van der Waals surface area (Å²) in [5, 5.41) is 3.71. The molecule has 184 valence electrons. The summed E-state index contributed by atoms with van der Waals surface area (Å²) in [5.41, 5.74) is 2.46. The number of pyridine rings is 3. The first kappa shape index (κ1) is 22.4. The van der Waals surface area contributed by atoms with Crippen LogP contribution in [0.25, 0.3) is 11.0 Å². The van der Waals surface area contributed by atoms with E-state index in [9.17, 15) is 4.39 Å². The van der Waals surface area contributed by atoms with Crippen molar-refractivity contribution in [3.8, 4) is 17.4 Å². The number of methoxy groups -OCH3 is 1. The Labute approximate surface area is 203 Å². The number of hydrogen-bond acceptors (Lipinski definition) is 8. The largest absolute Gasteiger partial charge is 0.486 e. The summed E-state index contributed by atoms with van der Waals surface area (Å²) in [6.07, 6.45) is 8.23. The second-order valence-corrected chi connectivity index (χ2v) is 9.73. The van der Waals surface area contributed by atoms with Crippen molar-refractivity contribution in [2.24, 2.45) is 0 Å². The molecule has 0 radical (unpaired) electrons. The average molecular weight is 481 g/mol. The van der Waals surface area contributed by atoms with Crippen LogP contribution in [0.1, 0.15) is 43.4 Å². The summed E-state index contributed by atoms with van der Waals surface area (Å²) in [4.78, 5) is 13.2. The molecule has 4 aliphatic rings. The Hall–Kier alpha value is -3.04. The number of aromatic nitrogens is 3. The molecule has 0 unspecified atom stereocenters. The van der Waals surface area contributed by atoms with Gasteiger partial charge in [-0.1, -0.05) is 0 Å². The van der Waals surface area contributed by atoms with E-state index in [4.69, 9.17) is 18.9 Å². The Morgan fingerprint density at radius 1 is 1.06 bits per heavy atom. The lowest BCUT2D eigenvalue weighted by molar-refractivity contribution is -0.165. The van der Waals surface area contributed by atoms with Gasteiger partial charge in [0, 0.05) is 29.8 Å². The molecule has 2 saturated heterocycles. The molecule has 9 heteroatoms. The van der Waals surface area contributed by atoms with Crippen molar-refractivity contribution >= 4 is 11.0 Å². The van der Waals surface area contributed by atoms with Gasteiger partial charge in [-0.2, -0.15) is 0 Å². The van der Waals surface area contributed by atoms with Crippen LogP contribution in [0.5, 0.6) is 17.4 Å². The van der Waals surface area contributed by atoms with Crippen molar-refractivity contribution in [2.75, 3.05) is 26.9 Å². The molecule has 3 aromatic rings. The molecule has 6 heterocycles. The molecule has 3 aliphatic heterocycles. The maximum absolute atomic E-state index is 14.8. The van der Waals surface area contributed by atoms with Crippen LogP contribution in [0.3, 0.4) is 0 Å². The van der Waals surface area contributed by atoms with E-state index in [1.54, 1.807) is 19.4 Å². The third-order valence-corrected chi connectivity index (χ3v) is 7.68. The molecule has 35 heavy (non-hydrogen) atoms. The van der Waals surface area contributed by atoms with Gasteiger partial charge in [0.15, 0.2) is 11.5 Å². The highest BCUT2D eigenvalue weighted by Gasteiger charge is 2.49. The fourth-order valence-electron chi connectivity index (χ4n) is 5.46. The van der Waals surface area contributed by atoms with Gasteiger partial charge in [-0.25, -0.2) is 9.37 Å². The van der Waals surface area contributed by atoms with E-state index in [1.807, 2.05) is 12.1 Å². The van der Waals surface area contributed by atoms with Gasteiger partial charge in [0.2, 0.25) is 5.88 Å². The normalized spacial score (nSPS) is 25.1. The van der Waals surface area contributed by atoms with Crippen molar-refractivity contribution in [1.29, 1.82) is 0 Å². The summed E-state index contributed by atoms with van der Waals surface area (Å²) in [5.74, 6) is 1.59. The maximum atomic E-state index is 14.8. The van der Waals surface area contributed by atoms with Crippen LogP contribution in [-0.2, 0) is 17.7 Å². The SMILES string of the molecule is COc1ccc2ncc(F)c(CCC34CCC(NCc5cc6c(cn5)OCCO6)(CC3)CO4)c2n1. The Kier molecular flexibility index (Phi) is 5.69. The monoisotopic (exact) mass is 480 g/mol. The zero-order valence-electron chi connectivity index (χ0n) is 19.8. The molecule has 1 aliphatic carbocycles. The minimum absolute atomic E-state index is 0.0553. The van der Waals surface area contributed by atoms with Gasteiger partial charge < -0.3 is 24.3 Å². The topological polar surface area (TPSA) is 87.6 Å².